The summed E-state index contributed by atoms with van der Waals surface area (Å²) in [5, 5.41) is 2.89. The van der Waals surface area contributed by atoms with Crippen molar-refractivity contribution in [2.24, 2.45) is 0 Å². The van der Waals surface area contributed by atoms with Gasteiger partial charge >= 0.3 is 0 Å². The van der Waals surface area contributed by atoms with Gasteiger partial charge in [-0.15, -0.1) is 0 Å². The minimum Gasteiger partial charge on any atom is -0.399 e. The van der Waals surface area contributed by atoms with Crippen LogP contribution in [-0.2, 0) is 4.79 Å². The molecule has 1 saturated heterocycles. The molecule has 0 unspecified atom stereocenters. The maximum atomic E-state index is 11.9. The normalized spacial score (nSPS) is 18.7. The van der Waals surface area contributed by atoms with E-state index < -0.39 is 0 Å². The molecular formula is C15H23N3OS. The third-order valence-corrected chi connectivity index (χ3v) is 4.63. The number of rotatable bonds is 4. The van der Waals surface area contributed by atoms with E-state index in [1.807, 2.05) is 30.0 Å². The lowest BCUT2D eigenvalue weighted by Gasteiger charge is -2.37. The first kappa shape index (κ1) is 15.2. The number of amides is 1. The average Bonchev–Trinajstić information content (AvgIpc) is 2.35. The number of hydrogen-bond donors (Lipinski definition) is 2. The first-order valence-corrected chi connectivity index (χ1v) is 7.95. The van der Waals surface area contributed by atoms with Crippen LogP contribution in [-0.4, -0.2) is 40.9 Å². The highest BCUT2D eigenvalue weighted by atomic mass is 32.2. The Morgan fingerprint density at radius 2 is 2.30 bits per heavy atom. The van der Waals surface area contributed by atoms with Crippen molar-refractivity contribution in [3.63, 3.8) is 0 Å². The van der Waals surface area contributed by atoms with E-state index in [0.717, 1.165) is 31.1 Å². The second-order valence-electron chi connectivity index (χ2n) is 5.81. The van der Waals surface area contributed by atoms with Crippen molar-refractivity contribution in [2.75, 3.05) is 36.4 Å². The van der Waals surface area contributed by atoms with Crippen molar-refractivity contribution in [1.29, 1.82) is 0 Å². The van der Waals surface area contributed by atoms with Crippen molar-refractivity contribution in [1.82, 2.24) is 4.90 Å². The highest BCUT2D eigenvalue weighted by molar-refractivity contribution is 8.00. The Bertz CT molecular complexity index is 476. The molecule has 0 saturated carbocycles. The number of nitrogens with two attached hydrogens (primary N) is 1. The molecule has 1 amide bonds. The van der Waals surface area contributed by atoms with Crippen LogP contribution in [0.15, 0.2) is 24.3 Å². The molecule has 5 heteroatoms. The summed E-state index contributed by atoms with van der Waals surface area (Å²) in [7, 11) is 0. The summed E-state index contributed by atoms with van der Waals surface area (Å²) < 4.78 is 0.294. The SMILES string of the molecule is CC1(C)CN(CCC(=O)Nc2cccc(N)c2)CCS1. The Morgan fingerprint density at radius 3 is 3.00 bits per heavy atom. The number of nitrogens with one attached hydrogen (secondary N) is 1. The number of carbonyl (C=O) groups excluding carboxylic acids is 1. The molecular weight excluding hydrogens is 270 g/mol. The average molecular weight is 293 g/mol. The Kier molecular flexibility index (Phi) is 4.94. The highest BCUT2D eigenvalue weighted by Crippen LogP contribution is 2.29. The van der Waals surface area contributed by atoms with Gasteiger partial charge in [0.25, 0.3) is 0 Å². The van der Waals surface area contributed by atoms with Gasteiger partial charge in [0.05, 0.1) is 0 Å². The maximum Gasteiger partial charge on any atom is 0.225 e. The molecule has 110 valence electrons. The van der Waals surface area contributed by atoms with E-state index in [0.29, 0.717) is 16.9 Å². The minimum absolute atomic E-state index is 0.0478. The second kappa shape index (κ2) is 6.50. The molecule has 1 heterocycles. The van der Waals surface area contributed by atoms with Crippen molar-refractivity contribution < 1.29 is 4.79 Å². The molecule has 1 aliphatic rings. The van der Waals surface area contributed by atoms with Crippen molar-refractivity contribution >= 4 is 29.0 Å². The fourth-order valence-corrected chi connectivity index (χ4v) is 3.58. The molecule has 4 nitrogen and oxygen atoms in total. The van der Waals surface area contributed by atoms with Crippen LogP contribution in [0.3, 0.4) is 0 Å². The summed E-state index contributed by atoms with van der Waals surface area (Å²) >= 11 is 2.01. The molecule has 0 radical (unpaired) electrons. The number of carbonyl (C=O) groups is 1. The highest BCUT2D eigenvalue weighted by Gasteiger charge is 2.26. The van der Waals surface area contributed by atoms with Gasteiger partial charge in [-0.3, -0.25) is 4.79 Å². The summed E-state index contributed by atoms with van der Waals surface area (Å²) in [6.45, 7) is 7.45. The number of nitrogens with zero attached hydrogens (tertiary/aromatic N) is 1. The summed E-state index contributed by atoms with van der Waals surface area (Å²) in [5.74, 6) is 1.19. The van der Waals surface area contributed by atoms with E-state index in [-0.39, 0.29) is 5.91 Å². The summed E-state index contributed by atoms with van der Waals surface area (Å²) in [6, 6.07) is 7.28. The topological polar surface area (TPSA) is 58.4 Å². The zero-order valence-corrected chi connectivity index (χ0v) is 13.0. The second-order valence-corrected chi connectivity index (χ2v) is 7.61. The van der Waals surface area contributed by atoms with Gasteiger partial charge in [0.1, 0.15) is 0 Å². The smallest absolute Gasteiger partial charge is 0.225 e. The van der Waals surface area contributed by atoms with Crippen LogP contribution in [0.1, 0.15) is 20.3 Å². The van der Waals surface area contributed by atoms with Crippen molar-refractivity contribution in [3.8, 4) is 0 Å². The monoisotopic (exact) mass is 293 g/mol. The van der Waals surface area contributed by atoms with Crippen LogP contribution < -0.4 is 11.1 Å². The van der Waals surface area contributed by atoms with E-state index in [9.17, 15) is 4.79 Å². The molecule has 3 N–H and O–H groups in total. The van der Waals surface area contributed by atoms with Gasteiger partial charge in [-0.05, 0) is 32.0 Å². The predicted octanol–water partition coefficient (Wildman–Crippen LogP) is 2.42. The van der Waals surface area contributed by atoms with Crippen LogP contribution in [0.2, 0.25) is 0 Å². The van der Waals surface area contributed by atoms with E-state index in [4.69, 9.17) is 5.73 Å². The van der Waals surface area contributed by atoms with Gasteiger partial charge in [0, 0.05) is 47.9 Å². The number of benzene rings is 1. The molecule has 0 spiro atoms. The third-order valence-electron chi connectivity index (χ3n) is 3.33. The molecule has 1 aromatic carbocycles. The number of nitrogen functional groups attached to an aromatic ring is 1. The van der Waals surface area contributed by atoms with Gasteiger partial charge in [-0.2, -0.15) is 11.8 Å². The number of hydrogen-bond acceptors (Lipinski definition) is 4. The van der Waals surface area contributed by atoms with Crippen LogP contribution in [0.25, 0.3) is 0 Å². The fourth-order valence-electron chi connectivity index (χ4n) is 2.40. The summed E-state index contributed by atoms with van der Waals surface area (Å²) in [5.41, 5.74) is 7.13. The molecule has 0 atom stereocenters. The standard InChI is InChI=1S/C15H23N3OS/c1-15(2)11-18(8-9-20-15)7-6-14(19)17-13-5-3-4-12(16)10-13/h3-5,10H,6-9,11,16H2,1-2H3,(H,17,19). The molecule has 0 aliphatic carbocycles. The van der Waals surface area contributed by atoms with Crippen LogP contribution in [0.4, 0.5) is 11.4 Å². The first-order valence-electron chi connectivity index (χ1n) is 6.96. The summed E-state index contributed by atoms with van der Waals surface area (Å²) in [4.78, 5) is 14.3. The zero-order chi connectivity index (χ0) is 14.6. The van der Waals surface area contributed by atoms with Gasteiger partial charge in [0.15, 0.2) is 0 Å². The number of anilines is 2. The van der Waals surface area contributed by atoms with E-state index in [2.05, 4.69) is 24.1 Å². The summed E-state index contributed by atoms with van der Waals surface area (Å²) in [6.07, 6.45) is 0.523. The Hall–Kier alpha value is -1.20. The molecule has 1 aliphatic heterocycles. The van der Waals surface area contributed by atoms with E-state index >= 15 is 0 Å². The molecule has 0 aromatic heterocycles. The van der Waals surface area contributed by atoms with Crippen LogP contribution in [0, 0.1) is 0 Å². The fraction of sp³-hybridized carbons (Fsp3) is 0.533. The Labute approximate surface area is 125 Å². The predicted molar refractivity (Wildman–Crippen MR) is 87.1 cm³/mol. The van der Waals surface area contributed by atoms with Gasteiger partial charge in [0.2, 0.25) is 5.91 Å². The van der Waals surface area contributed by atoms with Crippen molar-refractivity contribution in [2.45, 2.75) is 25.0 Å². The molecule has 20 heavy (non-hydrogen) atoms. The first-order chi connectivity index (χ1) is 9.44. The molecule has 2 rings (SSSR count). The lowest BCUT2D eigenvalue weighted by Crippen LogP contribution is -2.44. The zero-order valence-electron chi connectivity index (χ0n) is 12.2. The molecule has 1 fully saturated rings. The molecule has 0 bridgehead atoms. The largest absolute Gasteiger partial charge is 0.399 e. The van der Waals surface area contributed by atoms with Gasteiger partial charge in [-0.1, -0.05) is 6.07 Å². The Morgan fingerprint density at radius 1 is 1.50 bits per heavy atom. The van der Waals surface area contributed by atoms with Crippen LogP contribution in [0.5, 0.6) is 0 Å². The lowest BCUT2D eigenvalue weighted by atomic mass is 10.2. The van der Waals surface area contributed by atoms with Crippen LogP contribution >= 0.6 is 11.8 Å². The number of thioether (sulfide) groups is 1. The minimum atomic E-state index is 0.0478. The Balaban J connectivity index is 1.78. The van der Waals surface area contributed by atoms with E-state index in [1.165, 1.54) is 0 Å². The quantitative estimate of drug-likeness (QED) is 0.837. The van der Waals surface area contributed by atoms with Crippen molar-refractivity contribution in [3.05, 3.63) is 24.3 Å². The van der Waals surface area contributed by atoms with Gasteiger partial charge < -0.3 is 16.0 Å². The lowest BCUT2D eigenvalue weighted by molar-refractivity contribution is -0.116. The third kappa shape index (κ3) is 4.72. The van der Waals surface area contributed by atoms with Gasteiger partial charge in [-0.25, -0.2) is 0 Å². The maximum absolute atomic E-state index is 11.9. The van der Waals surface area contributed by atoms with E-state index in [1.54, 1.807) is 6.07 Å². The molecule has 1 aromatic rings.